The Bertz CT molecular complexity index is 473. The first kappa shape index (κ1) is 7.79. The van der Waals surface area contributed by atoms with E-state index in [9.17, 15) is 9.90 Å². The summed E-state index contributed by atoms with van der Waals surface area (Å²) >= 11 is 0. The summed E-state index contributed by atoms with van der Waals surface area (Å²) in [6, 6.07) is 3.32. The Morgan fingerprint density at radius 2 is 2.38 bits per heavy atom. The van der Waals surface area contributed by atoms with Crippen molar-refractivity contribution in [3.63, 3.8) is 0 Å². The molecule has 0 saturated heterocycles. The van der Waals surface area contributed by atoms with Crippen molar-refractivity contribution < 1.29 is 14.3 Å². The number of nitrogens with zero attached hydrogens (tertiary/aromatic N) is 1. The van der Waals surface area contributed by atoms with Crippen LogP contribution in [0.2, 0.25) is 0 Å². The Balaban J connectivity index is 2.86. The molecule has 0 spiro atoms. The van der Waals surface area contributed by atoms with Gasteiger partial charge in [-0.05, 0) is 19.1 Å². The van der Waals surface area contributed by atoms with E-state index in [0.717, 1.165) is 0 Å². The van der Waals surface area contributed by atoms with Gasteiger partial charge in [-0.2, -0.15) is 0 Å². The molecule has 2 rings (SSSR count). The molecule has 0 unspecified atom stereocenters. The van der Waals surface area contributed by atoms with E-state index in [4.69, 9.17) is 4.42 Å². The van der Waals surface area contributed by atoms with Gasteiger partial charge in [-0.1, -0.05) is 0 Å². The number of furan rings is 1. The van der Waals surface area contributed by atoms with Crippen LogP contribution in [0.3, 0.4) is 0 Å². The van der Waals surface area contributed by atoms with Crippen LogP contribution in [0.1, 0.15) is 17.3 Å². The number of ketones is 1. The number of fused-ring (bicyclic) bond motifs is 1. The number of carbonyl (C=O) groups is 1. The summed E-state index contributed by atoms with van der Waals surface area (Å²) in [5.41, 5.74) is 0.980. The lowest BCUT2D eigenvalue weighted by Gasteiger charge is -1.88. The molecule has 0 fully saturated rings. The van der Waals surface area contributed by atoms with Crippen LogP contribution in [0.4, 0.5) is 0 Å². The number of carbonyl (C=O) groups excluding carboxylic acids is 1. The summed E-state index contributed by atoms with van der Waals surface area (Å²) < 4.78 is 4.93. The lowest BCUT2D eigenvalue weighted by molar-refractivity contribution is 0.101. The second-order valence-electron chi connectivity index (χ2n) is 2.69. The molecule has 66 valence electrons. The molecular formula is C9H7NO3. The molecule has 0 aliphatic heterocycles. The predicted molar refractivity (Wildman–Crippen MR) is 45.7 cm³/mol. The second kappa shape index (κ2) is 2.58. The minimum Gasteiger partial charge on any atom is -0.480 e. The molecule has 4 nitrogen and oxygen atoms in total. The van der Waals surface area contributed by atoms with E-state index in [2.05, 4.69) is 4.98 Å². The Hall–Kier alpha value is -1.84. The van der Waals surface area contributed by atoms with Crippen LogP contribution in [-0.4, -0.2) is 15.9 Å². The number of Topliss-reactive ketones (excluding diaryl/α,β-unsaturated/α-hetero) is 1. The molecule has 13 heavy (non-hydrogen) atoms. The van der Waals surface area contributed by atoms with Crippen molar-refractivity contribution in [2.75, 3.05) is 0 Å². The fraction of sp³-hybridized carbons (Fsp3) is 0.111. The monoisotopic (exact) mass is 177 g/mol. The van der Waals surface area contributed by atoms with Gasteiger partial charge in [0.25, 0.3) is 5.95 Å². The van der Waals surface area contributed by atoms with Crippen molar-refractivity contribution in [3.8, 4) is 5.95 Å². The van der Waals surface area contributed by atoms with Crippen molar-refractivity contribution >= 4 is 16.9 Å². The van der Waals surface area contributed by atoms with Gasteiger partial charge in [0.2, 0.25) is 0 Å². The van der Waals surface area contributed by atoms with Crippen molar-refractivity contribution in [3.05, 3.63) is 23.9 Å². The van der Waals surface area contributed by atoms with Gasteiger partial charge < -0.3 is 9.52 Å². The molecule has 2 aromatic rings. The second-order valence-corrected chi connectivity index (χ2v) is 2.69. The highest BCUT2D eigenvalue weighted by atomic mass is 16.5. The maximum absolute atomic E-state index is 11.1. The smallest absolute Gasteiger partial charge is 0.295 e. The van der Waals surface area contributed by atoms with Gasteiger partial charge in [0.1, 0.15) is 11.1 Å². The molecule has 0 aromatic carbocycles. The van der Waals surface area contributed by atoms with Crippen LogP contribution in [0.5, 0.6) is 5.95 Å². The molecule has 4 heteroatoms. The normalized spacial score (nSPS) is 10.5. The van der Waals surface area contributed by atoms with E-state index in [-0.39, 0.29) is 17.3 Å². The SMILES string of the molecule is CC(=O)c1c(O)oc2cccnc12. The van der Waals surface area contributed by atoms with Gasteiger partial charge in [-0.15, -0.1) is 0 Å². The average Bonchev–Trinajstić information content (AvgIpc) is 2.39. The molecule has 1 N–H and O–H groups in total. The summed E-state index contributed by atoms with van der Waals surface area (Å²) in [5, 5.41) is 9.28. The highest BCUT2D eigenvalue weighted by Crippen LogP contribution is 2.28. The van der Waals surface area contributed by atoms with E-state index < -0.39 is 0 Å². The quantitative estimate of drug-likeness (QED) is 0.674. The molecule has 0 saturated carbocycles. The van der Waals surface area contributed by atoms with E-state index in [1.54, 1.807) is 18.3 Å². The first-order valence-corrected chi connectivity index (χ1v) is 3.77. The maximum Gasteiger partial charge on any atom is 0.295 e. The fourth-order valence-electron chi connectivity index (χ4n) is 1.23. The van der Waals surface area contributed by atoms with Crippen LogP contribution >= 0.6 is 0 Å². The van der Waals surface area contributed by atoms with Gasteiger partial charge >= 0.3 is 0 Å². The van der Waals surface area contributed by atoms with Gasteiger partial charge in [-0.25, -0.2) is 0 Å². The summed E-state index contributed by atoms with van der Waals surface area (Å²) in [7, 11) is 0. The van der Waals surface area contributed by atoms with E-state index in [1.807, 2.05) is 0 Å². The topological polar surface area (TPSA) is 63.3 Å². The Labute approximate surface area is 73.8 Å². The Morgan fingerprint density at radius 3 is 3.08 bits per heavy atom. The number of hydrogen-bond acceptors (Lipinski definition) is 4. The number of aromatic nitrogens is 1. The molecule has 0 radical (unpaired) electrons. The number of hydrogen-bond donors (Lipinski definition) is 1. The van der Waals surface area contributed by atoms with Crippen molar-refractivity contribution in [2.24, 2.45) is 0 Å². The van der Waals surface area contributed by atoms with Gasteiger partial charge in [0, 0.05) is 6.20 Å². The zero-order chi connectivity index (χ0) is 9.42. The summed E-state index contributed by atoms with van der Waals surface area (Å²) in [4.78, 5) is 15.0. The summed E-state index contributed by atoms with van der Waals surface area (Å²) in [6.07, 6.45) is 1.55. The van der Waals surface area contributed by atoms with Crippen LogP contribution in [0.15, 0.2) is 22.7 Å². The third-order valence-electron chi connectivity index (χ3n) is 1.78. The zero-order valence-electron chi connectivity index (χ0n) is 6.94. The zero-order valence-corrected chi connectivity index (χ0v) is 6.94. The summed E-state index contributed by atoms with van der Waals surface area (Å²) in [5.74, 6) is -0.615. The standard InChI is InChI=1S/C9H7NO3/c1-5(11)7-8-6(13-9(7)12)3-2-4-10-8/h2-4,12H,1H3. The van der Waals surface area contributed by atoms with Gasteiger partial charge in [0.15, 0.2) is 11.4 Å². The molecule has 0 bridgehead atoms. The van der Waals surface area contributed by atoms with E-state index in [0.29, 0.717) is 11.1 Å². The van der Waals surface area contributed by atoms with Crippen LogP contribution in [0, 0.1) is 0 Å². The minimum absolute atomic E-state index is 0.149. The minimum atomic E-state index is -0.360. The van der Waals surface area contributed by atoms with Crippen LogP contribution in [-0.2, 0) is 0 Å². The van der Waals surface area contributed by atoms with E-state index in [1.165, 1.54) is 6.92 Å². The van der Waals surface area contributed by atoms with Gasteiger partial charge in [0.05, 0.1) is 0 Å². The van der Waals surface area contributed by atoms with Gasteiger partial charge in [-0.3, -0.25) is 9.78 Å². The molecule has 0 aliphatic rings. The van der Waals surface area contributed by atoms with Crippen molar-refractivity contribution in [2.45, 2.75) is 6.92 Å². The lowest BCUT2D eigenvalue weighted by atomic mass is 10.2. The molecular weight excluding hydrogens is 170 g/mol. The first-order chi connectivity index (χ1) is 6.20. The third-order valence-corrected chi connectivity index (χ3v) is 1.78. The molecule has 0 atom stereocenters. The van der Waals surface area contributed by atoms with E-state index >= 15 is 0 Å². The van der Waals surface area contributed by atoms with Crippen molar-refractivity contribution in [1.82, 2.24) is 4.98 Å². The van der Waals surface area contributed by atoms with Crippen molar-refractivity contribution in [1.29, 1.82) is 0 Å². The fourth-order valence-corrected chi connectivity index (χ4v) is 1.23. The average molecular weight is 177 g/mol. The summed E-state index contributed by atoms with van der Waals surface area (Å²) in [6.45, 7) is 1.36. The number of aromatic hydroxyl groups is 1. The highest BCUT2D eigenvalue weighted by molar-refractivity contribution is 6.06. The maximum atomic E-state index is 11.1. The number of pyridine rings is 1. The predicted octanol–water partition coefficient (Wildman–Crippen LogP) is 1.74. The third kappa shape index (κ3) is 1.07. The largest absolute Gasteiger partial charge is 0.480 e. The lowest BCUT2D eigenvalue weighted by Crippen LogP contribution is -1.90. The Morgan fingerprint density at radius 1 is 1.62 bits per heavy atom. The molecule has 2 heterocycles. The van der Waals surface area contributed by atoms with Crippen LogP contribution < -0.4 is 0 Å². The number of rotatable bonds is 1. The Kier molecular flexibility index (Phi) is 1.55. The first-order valence-electron chi connectivity index (χ1n) is 3.77. The molecule has 0 aliphatic carbocycles. The highest BCUT2D eigenvalue weighted by Gasteiger charge is 2.17. The van der Waals surface area contributed by atoms with Crippen LogP contribution in [0.25, 0.3) is 11.1 Å². The molecule has 2 aromatic heterocycles. The molecule has 0 amide bonds.